The highest BCUT2D eigenvalue weighted by molar-refractivity contribution is 5.25. The minimum absolute atomic E-state index is 0.735. The Morgan fingerprint density at radius 2 is 1.46 bits per heavy atom. The molecule has 1 nitrogen and oxygen atoms in total. The predicted molar refractivity (Wildman–Crippen MR) is 120 cm³/mol. The van der Waals surface area contributed by atoms with Gasteiger partial charge in [-0.3, -0.25) is 0 Å². The van der Waals surface area contributed by atoms with Gasteiger partial charge in [0, 0.05) is 6.61 Å². The topological polar surface area (TPSA) is 9.23 Å². The molecule has 0 unspecified atom stereocenters. The normalized spacial score (nSPS) is 28.0. The summed E-state index contributed by atoms with van der Waals surface area (Å²) < 4.78 is 5.76. The molecule has 28 heavy (non-hydrogen) atoms. The van der Waals surface area contributed by atoms with E-state index < -0.39 is 0 Å². The van der Waals surface area contributed by atoms with Crippen LogP contribution in [-0.2, 0) is 11.3 Å². The zero-order valence-electron chi connectivity index (χ0n) is 17.8. The van der Waals surface area contributed by atoms with E-state index in [1.165, 1.54) is 63.4 Å². The van der Waals surface area contributed by atoms with Crippen molar-refractivity contribution in [2.24, 2.45) is 17.8 Å². The first-order valence-corrected chi connectivity index (χ1v) is 11.7. The van der Waals surface area contributed by atoms with Crippen molar-refractivity contribution in [3.05, 3.63) is 60.7 Å². The molecular formula is C27H40O. The van der Waals surface area contributed by atoms with Gasteiger partial charge >= 0.3 is 0 Å². The summed E-state index contributed by atoms with van der Waals surface area (Å²) in [6.07, 6.45) is 18.9. The summed E-state index contributed by atoms with van der Waals surface area (Å²) in [5, 5.41) is 0. The van der Waals surface area contributed by atoms with Crippen LogP contribution in [0.2, 0.25) is 0 Å². The Kier molecular flexibility index (Phi) is 8.86. The van der Waals surface area contributed by atoms with Gasteiger partial charge in [0.1, 0.15) is 0 Å². The smallest absolute Gasteiger partial charge is 0.0716 e. The van der Waals surface area contributed by atoms with Crippen molar-refractivity contribution in [2.45, 2.75) is 83.2 Å². The molecule has 0 radical (unpaired) electrons. The standard InChI is InChI=1S/C27H40O/c1-3-5-6-20-28-21-23-10-14-25(15-11-23)27-18-16-26(17-19-27)24-12-8-22(7-4-2)9-13-24/h3-4,10-11,14-15,22,24,26-27H,1-2,5-9,12-13,16-21H2. The molecule has 0 amide bonds. The predicted octanol–water partition coefficient (Wildman–Crippen LogP) is 7.83. The Morgan fingerprint density at radius 1 is 0.821 bits per heavy atom. The quantitative estimate of drug-likeness (QED) is 0.297. The van der Waals surface area contributed by atoms with E-state index >= 15 is 0 Å². The highest BCUT2D eigenvalue weighted by Gasteiger charge is 2.30. The third kappa shape index (κ3) is 6.34. The first kappa shape index (κ1) is 21.4. The van der Waals surface area contributed by atoms with Crippen LogP contribution < -0.4 is 0 Å². The molecule has 0 heterocycles. The van der Waals surface area contributed by atoms with Crippen LogP contribution >= 0.6 is 0 Å². The largest absolute Gasteiger partial charge is 0.377 e. The molecule has 3 rings (SSSR count). The summed E-state index contributed by atoms with van der Waals surface area (Å²) in [6.45, 7) is 9.24. The fourth-order valence-electron chi connectivity index (χ4n) is 5.46. The van der Waals surface area contributed by atoms with Gasteiger partial charge in [-0.2, -0.15) is 0 Å². The van der Waals surface area contributed by atoms with E-state index in [0.717, 1.165) is 49.7 Å². The molecule has 0 bridgehead atoms. The Bertz CT molecular complexity index is 571. The first-order chi connectivity index (χ1) is 13.8. The van der Waals surface area contributed by atoms with Crippen LogP contribution in [0.15, 0.2) is 49.6 Å². The zero-order valence-corrected chi connectivity index (χ0v) is 17.8. The van der Waals surface area contributed by atoms with Crippen LogP contribution in [0.3, 0.4) is 0 Å². The van der Waals surface area contributed by atoms with Gasteiger partial charge in [-0.1, -0.05) is 36.4 Å². The Labute approximate surface area is 173 Å². The van der Waals surface area contributed by atoms with Gasteiger partial charge in [-0.15, -0.1) is 13.2 Å². The molecular weight excluding hydrogens is 340 g/mol. The fraction of sp³-hybridized carbons (Fsp3) is 0.630. The molecule has 0 spiro atoms. The molecule has 0 saturated heterocycles. The Balaban J connectivity index is 1.39. The molecule has 154 valence electrons. The van der Waals surface area contributed by atoms with Crippen LogP contribution in [0.1, 0.15) is 87.7 Å². The first-order valence-electron chi connectivity index (χ1n) is 11.7. The fourth-order valence-corrected chi connectivity index (χ4v) is 5.46. The van der Waals surface area contributed by atoms with Crippen molar-refractivity contribution < 1.29 is 4.74 Å². The number of ether oxygens (including phenoxy) is 1. The van der Waals surface area contributed by atoms with Crippen LogP contribution in [-0.4, -0.2) is 6.61 Å². The highest BCUT2D eigenvalue weighted by Crippen LogP contribution is 2.44. The van der Waals surface area contributed by atoms with E-state index in [1.54, 1.807) is 5.56 Å². The monoisotopic (exact) mass is 380 g/mol. The molecule has 2 aliphatic carbocycles. The summed E-state index contributed by atoms with van der Waals surface area (Å²) in [5.41, 5.74) is 2.84. The molecule has 0 atom stereocenters. The van der Waals surface area contributed by atoms with Crippen molar-refractivity contribution in [1.29, 1.82) is 0 Å². The van der Waals surface area contributed by atoms with E-state index in [-0.39, 0.29) is 0 Å². The third-order valence-electron chi connectivity index (χ3n) is 7.25. The average molecular weight is 381 g/mol. The van der Waals surface area contributed by atoms with Crippen LogP contribution in [0, 0.1) is 17.8 Å². The van der Waals surface area contributed by atoms with Crippen molar-refractivity contribution in [3.63, 3.8) is 0 Å². The van der Waals surface area contributed by atoms with Crippen molar-refractivity contribution >= 4 is 0 Å². The molecule has 1 aromatic carbocycles. The van der Waals surface area contributed by atoms with E-state index in [0.29, 0.717) is 0 Å². The molecule has 0 N–H and O–H groups in total. The Morgan fingerprint density at radius 3 is 2.07 bits per heavy atom. The van der Waals surface area contributed by atoms with E-state index in [9.17, 15) is 0 Å². The van der Waals surface area contributed by atoms with Gasteiger partial charge in [0.2, 0.25) is 0 Å². The lowest BCUT2D eigenvalue weighted by atomic mass is 9.68. The molecule has 2 saturated carbocycles. The molecule has 2 fully saturated rings. The van der Waals surface area contributed by atoms with Crippen molar-refractivity contribution in [2.75, 3.05) is 6.61 Å². The number of hydrogen-bond acceptors (Lipinski definition) is 1. The molecule has 1 aromatic rings. The number of allylic oxidation sites excluding steroid dienone is 2. The minimum Gasteiger partial charge on any atom is -0.377 e. The summed E-state index contributed by atoms with van der Waals surface area (Å²) >= 11 is 0. The van der Waals surface area contributed by atoms with Gasteiger partial charge in [-0.25, -0.2) is 0 Å². The van der Waals surface area contributed by atoms with Crippen molar-refractivity contribution in [1.82, 2.24) is 0 Å². The lowest BCUT2D eigenvalue weighted by Gasteiger charge is -2.38. The third-order valence-corrected chi connectivity index (χ3v) is 7.25. The van der Waals surface area contributed by atoms with Crippen LogP contribution in [0.5, 0.6) is 0 Å². The van der Waals surface area contributed by atoms with E-state index in [1.807, 2.05) is 6.08 Å². The molecule has 1 heteroatoms. The van der Waals surface area contributed by atoms with Crippen LogP contribution in [0.4, 0.5) is 0 Å². The second kappa shape index (κ2) is 11.6. The Hall–Kier alpha value is -1.34. The summed E-state index contributed by atoms with van der Waals surface area (Å²) in [4.78, 5) is 0. The number of hydrogen-bond donors (Lipinski definition) is 0. The van der Waals surface area contributed by atoms with Gasteiger partial charge in [0.05, 0.1) is 6.61 Å². The van der Waals surface area contributed by atoms with E-state index in [4.69, 9.17) is 4.74 Å². The molecule has 2 aliphatic rings. The van der Waals surface area contributed by atoms with Gasteiger partial charge in [-0.05, 0) is 105 Å². The second-order valence-corrected chi connectivity index (χ2v) is 9.14. The number of rotatable bonds is 10. The number of unbranched alkanes of at least 4 members (excludes halogenated alkanes) is 1. The number of benzene rings is 1. The maximum absolute atomic E-state index is 5.76. The maximum atomic E-state index is 5.76. The minimum atomic E-state index is 0.735. The summed E-state index contributed by atoms with van der Waals surface area (Å²) in [5.74, 6) is 3.69. The van der Waals surface area contributed by atoms with Gasteiger partial charge in [0.25, 0.3) is 0 Å². The SMILES string of the molecule is C=CCCCOCc1ccc(C2CCC(C3CCC(CC=C)CC3)CC2)cc1. The molecule has 0 aliphatic heterocycles. The lowest BCUT2D eigenvalue weighted by molar-refractivity contribution is 0.119. The van der Waals surface area contributed by atoms with Crippen molar-refractivity contribution in [3.8, 4) is 0 Å². The summed E-state index contributed by atoms with van der Waals surface area (Å²) in [7, 11) is 0. The highest BCUT2D eigenvalue weighted by atomic mass is 16.5. The lowest BCUT2D eigenvalue weighted by Crippen LogP contribution is -2.25. The van der Waals surface area contributed by atoms with Gasteiger partial charge < -0.3 is 4.74 Å². The maximum Gasteiger partial charge on any atom is 0.0716 e. The second-order valence-electron chi connectivity index (χ2n) is 9.14. The van der Waals surface area contributed by atoms with E-state index in [2.05, 4.69) is 43.5 Å². The average Bonchev–Trinajstić information content (AvgIpc) is 2.75. The zero-order chi connectivity index (χ0) is 19.6. The van der Waals surface area contributed by atoms with Crippen LogP contribution in [0.25, 0.3) is 0 Å². The van der Waals surface area contributed by atoms with Gasteiger partial charge in [0.15, 0.2) is 0 Å². The summed E-state index contributed by atoms with van der Waals surface area (Å²) in [6, 6.07) is 9.26. The molecule has 0 aromatic heterocycles.